The van der Waals surface area contributed by atoms with Gasteiger partial charge in [-0.05, 0) is 32.4 Å². The molecule has 0 saturated carbocycles. The molecule has 0 aliphatic heterocycles. The maximum Gasteiger partial charge on any atom is 0.144 e. The van der Waals surface area contributed by atoms with E-state index in [2.05, 4.69) is 19.2 Å². The number of nitrogens with one attached hydrogen (secondary N) is 1. The number of benzene rings is 1. The molecule has 1 rings (SSSR count). The highest BCUT2D eigenvalue weighted by atomic mass is 16.5. The van der Waals surface area contributed by atoms with Gasteiger partial charge in [-0.2, -0.15) is 0 Å². The van der Waals surface area contributed by atoms with E-state index in [0.717, 1.165) is 17.9 Å². The highest BCUT2D eigenvalue weighted by molar-refractivity contribution is 5.61. The van der Waals surface area contributed by atoms with Crippen LogP contribution in [0.3, 0.4) is 0 Å². The molecule has 1 atom stereocenters. The van der Waals surface area contributed by atoms with Gasteiger partial charge in [-0.25, -0.2) is 0 Å². The molecule has 0 spiro atoms. The zero-order valence-corrected chi connectivity index (χ0v) is 9.71. The predicted octanol–water partition coefficient (Wildman–Crippen LogP) is 2.88. The molecule has 0 aliphatic carbocycles. The van der Waals surface area contributed by atoms with Crippen LogP contribution in [0.5, 0.6) is 5.75 Å². The van der Waals surface area contributed by atoms with Gasteiger partial charge in [0.15, 0.2) is 0 Å². The van der Waals surface area contributed by atoms with Crippen LogP contribution in [0.4, 0.5) is 11.4 Å². The molecule has 15 heavy (non-hydrogen) atoms. The Bertz CT molecular complexity index is 312. The second-order valence-electron chi connectivity index (χ2n) is 3.64. The van der Waals surface area contributed by atoms with Crippen LogP contribution in [0, 0.1) is 0 Å². The molecule has 0 radical (unpaired) electrons. The van der Waals surface area contributed by atoms with E-state index in [0.29, 0.717) is 18.3 Å². The summed E-state index contributed by atoms with van der Waals surface area (Å²) in [6, 6.07) is 6.26. The molecule has 0 aliphatic rings. The molecule has 1 aromatic carbocycles. The number of hydrogen-bond donors (Lipinski definition) is 2. The van der Waals surface area contributed by atoms with Gasteiger partial charge in [-0.15, -0.1) is 0 Å². The number of rotatable bonds is 5. The third kappa shape index (κ3) is 3.35. The lowest BCUT2D eigenvalue weighted by molar-refractivity contribution is 0.342. The Morgan fingerprint density at radius 1 is 1.40 bits per heavy atom. The molecule has 0 amide bonds. The van der Waals surface area contributed by atoms with Crippen molar-refractivity contribution in [2.75, 3.05) is 17.7 Å². The van der Waals surface area contributed by atoms with Gasteiger partial charge in [-0.1, -0.05) is 6.92 Å². The van der Waals surface area contributed by atoms with Crippen molar-refractivity contribution >= 4 is 11.4 Å². The van der Waals surface area contributed by atoms with Crippen LogP contribution in [0.15, 0.2) is 18.2 Å². The van der Waals surface area contributed by atoms with Gasteiger partial charge in [0.25, 0.3) is 0 Å². The number of ether oxygens (including phenoxy) is 1. The van der Waals surface area contributed by atoms with Crippen LogP contribution in [0.1, 0.15) is 27.2 Å². The molecule has 1 unspecified atom stereocenters. The predicted molar refractivity (Wildman–Crippen MR) is 65.4 cm³/mol. The van der Waals surface area contributed by atoms with Gasteiger partial charge < -0.3 is 15.8 Å². The fourth-order valence-corrected chi connectivity index (χ4v) is 1.29. The Hall–Kier alpha value is -1.38. The number of hydrogen-bond acceptors (Lipinski definition) is 3. The first-order valence-electron chi connectivity index (χ1n) is 5.46. The first-order chi connectivity index (χ1) is 7.17. The van der Waals surface area contributed by atoms with Gasteiger partial charge in [0, 0.05) is 17.8 Å². The third-order valence-corrected chi connectivity index (χ3v) is 2.34. The number of anilines is 2. The second kappa shape index (κ2) is 5.49. The molecule has 1 aromatic rings. The Morgan fingerprint density at radius 3 is 2.73 bits per heavy atom. The Morgan fingerprint density at radius 2 is 2.13 bits per heavy atom. The highest BCUT2D eigenvalue weighted by Crippen LogP contribution is 2.25. The van der Waals surface area contributed by atoms with Gasteiger partial charge in [-0.3, -0.25) is 0 Å². The quantitative estimate of drug-likeness (QED) is 0.731. The average molecular weight is 208 g/mol. The average Bonchev–Trinajstić information content (AvgIpc) is 2.23. The van der Waals surface area contributed by atoms with Crippen molar-refractivity contribution in [3.05, 3.63) is 18.2 Å². The minimum absolute atomic E-state index is 0.461. The molecule has 3 nitrogen and oxygen atoms in total. The topological polar surface area (TPSA) is 47.3 Å². The minimum atomic E-state index is 0.461. The molecule has 84 valence electrons. The smallest absolute Gasteiger partial charge is 0.144 e. The SMILES string of the molecule is CCOc1cc(NC(C)CC)ccc1N. The molecule has 3 N–H and O–H groups in total. The summed E-state index contributed by atoms with van der Waals surface area (Å²) in [5.74, 6) is 0.755. The van der Waals surface area contributed by atoms with Crippen molar-refractivity contribution < 1.29 is 4.74 Å². The first kappa shape index (κ1) is 11.7. The summed E-state index contributed by atoms with van der Waals surface area (Å²) in [6.07, 6.45) is 1.09. The van der Waals surface area contributed by atoms with Crippen molar-refractivity contribution in [1.29, 1.82) is 0 Å². The Balaban J connectivity index is 2.77. The molecular formula is C12H20N2O. The normalized spacial score (nSPS) is 12.2. The van der Waals surface area contributed by atoms with Crippen LogP contribution >= 0.6 is 0 Å². The second-order valence-corrected chi connectivity index (χ2v) is 3.64. The lowest BCUT2D eigenvalue weighted by atomic mass is 10.2. The first-order valence-corrected chi connectivity index (χ1v) is 5.46. The van der Waals surface area contributed by atoms with Gasteiger partial charge in [0.1, 0.15) is 5.75 Å². The summed E-state index contributed by atoms with van der Waals surface area (Å²) < 4.78 is 5.43. The van der Waals surface area contributed by atoms with E-state index in [1.54, 1.807) is 0 Å². The Kier molecular flexibility index (Phi) is 4.28. The number of nitrogens with two attached hydrogens (primary N) is 1. The van der Waals surface area contributed by atoms with Gasteiger partial charge in [0.2, 0.25) is 0 Å². The zero-order chi connectivity index (χ0) is 11.3. The van der Waals surface area contributed by atoms with E-state index in [1.165, 1.54) is 0 Å². The highest BCUT2D eigenvalue weighted by Gasteiger charge is 2.03. The van der Waals surface area contributed by atoms with E-state index in [4.69, 9.17) is 10.5 Å². The van der Waals surface area contributed by atoms with E-state index in [-0.39, 0.29) is 0 Å². The molecule has 0 aromatic heterocycles. The maximum atomic E-state index is 5.79. The summed E-state index contributed by atoms with van der Waals surface area (Å²) in [5.41, 5.74) is 7.53. The lowest BCUT2D eigenvalue weighted by Crippen LogP contribution is -2.13. The van der Waals surface area contributed by atoms with Gasteiger partial charge >= 0.3 is 0 Å². The van der Waals surface area contributed by atoms with Crippen LogP contribution in [-0.4, -0.2) is 12.6 Å². The van der Waals surface area contributed by atoms with Crippen molar-refractivity contribution in [3.63, 3.8) is 0 Å². The van der Waals surface area contributed by atoms with Crippen LogP contribution in [0.25, 0.3) is 0 Å². The van der Waals surface area contributed by atoms with Crippen molar-refractivity contribution in [3.8, 4) is 5.75 Å². The maximum absolute atomic E-state index is 5.79. The van der Waals surface area contributed by atoms with Crippen LogP contribution in [-0.2, 0) is 0 Å². The standard InChI is InChI=1S/C12H20N2O/c1-4-9(3)14-10-6-7-11(13)12(8-10)15-5-2/h6-9,14H,4-5,13H2,1-3H3. The van der Waals surface area contributed by atoms with Crippen molar-refractivity contribution in [2.24, 2.45) is 0 Å². The summed E-state index contributed by atoms with van der Waals surface area (Å²) in [6.45, 7) is 6.89. The molecular weight excluding hydrogens is 188 g/mol. The van der Waals surface area contributed by atoms with Crippen LogP contribution in [0.2, 0.25) is 0 Å². The molecule has 0 fully saturated rings. The third-order valence-electron chi connectivity index (χ3n) is 2.34. The van der Waals surface area contributed by atoms with Crippen molar-refractivity contribution in [2.45, 2.75) is 33.2 Å². The fraction of sp³-hybridized carbons (Fsp3) is 0.500. The fourth-order valence-electron chi connectivity index (χ4n) is 1.29. The lowest BCUT2D eigenvalue weighted by Gasteiger charge is -2.15. The largest absolute Gasteiger partial charge is 0.492 e. The summed E-state index contributed by atoms with van der Waals surface area (Å²) in [7, 11) is 0. The minimum Gasteiger partial charge on any atom is -0.492 e. The van der Waals surface area contributed by atoms with E-state index in [9.17, 15) is 0 Å². The van der Waals surface area contributed by atoms with E-state index < -0.39 is 0 Å². The molecule has 0 heterocycles. The Labute approximate surface area is 91.6 Å². The summed E-state index contributed by atoms with van der Waals surface area (Å²) >= 11 is 0. The van der Waals surface area contributed by atoms with Crippen molar-refractivity contribution in [1.82, 2.24) is 0 Å². The van der Waals surface area contributed by atoms with E-state index >= 15 is 0 Å². The molecule has 3 heteroatoms. The van der Waals surface area contributed by atoms with E-state index in [1.807, 2.05) is 25.1 Å². The zero-order valence-electron chi connectivity index (χ0n) is 9.71. The number of nitrogen functional groups attached to an aromatic ring is 1. The van der Waals surface area contributed by atoms with Gasteiger partial charge in [0.05, 0.1) is 12.3 Å². The van der Waals surface area contributed by atoms with Crippen LogP contribution < -0.4 is 15.8 Å². The summed E-state index contributed by atoms with van der Waals surface area (Å²) in [5, 5.41) is 3.38. The molecule has 0 bridgehead atoms. The monoisotopic (exact) mass is 208 g/mol. The molecule has 0 saturated heterocycles. The summed E-state index contributed by atoms with van der Waals surface area (Å²) in [4.78, 5) is 0.